The van der Waals surface area contributed by atoms with Gasteiger partial charge in [0.25, 0.3) is 0 Å². The number of fused-ring (bicyclic) bond motifs is 1. The molecule has 3 aromatic rings. The normalized spacial score (nSPS) is 12.7. The van der Waals surface area contributed by atoms with E-state index in [0.717, 1.165) is 22.3 Å². The van der Waals surface area contributed by atoms with E-state index in [-0.39, 0.29) is 6.04 Å². The van der Waals surface area contributed by atoms with E-state index in [2.05, 4.69) is 32.6 Å². The zero-order chi connectivity index (χ0) is 13.9. The summed E-state index contributed by atoms with van der Waals surface area (Å²) < 4.78 is 1.88. The van der Waals surface area contributed by atoms with E-state index in [1.54, 1.807) is 18.6 Å². The molecule has 1 atom stereocenters. The molecule has 0 amide bonds. The fourth-order valence-electron chi connectivity index (χ4n) is 2.37. The van der Waals surface area contributed by atoms with Crippen LogP contribution in [0.1, 0.15) is 17.4 Å². The Morgan fingerprint density at radius 2 is 2.15 bits per heavy atom. The molecule has 0 radical (unpaired) electrons. The molecule has 0 bridgehead atoms. The van der Waals surface area contributed by atoms with Crippen LogP contribution in [0.5, 0.6) is 0 Å². The first kappa shape index (κ1) is 12.7. The molecule has 0 fully saturated rings. The summed E-state index contributed by atoms with van der Waals surface area (Å²) in [7, 11) is 1.94. The Kier molecular flexibility index (Phi) is 3.41. The van der Waals surface area contributed by atoms with Crippen molar-refractivity contribution in [2.45, 2.75) is 12.5 Å². The zero-order valence-corrected chi connectivity index (χ0v) is 11.2. The second-order valence-electron chi connectivity index (χ2n) is 4.64. The first-order valence-corrected chi connectivity index (χ1v) is 6.42. The quantitative estimate of drug-likeness (QED) is 0.547. The maximum absolute atomic E-state index is 5.65. The number of hydrogen-bond acceptors (Lipinski definition) is 5. The number of benzene rings is 1. The van der Waals surface area contributed by atoms with Crippen molar-refractivity contribution in [3.05, 3.63) is 54.2 Å². The van der Waals surface area contributed by atoms with Gasteiger partial charge in [-0.15, -0.1) is 0 Å². The molecule has 3 N–H and O–H groups in total. The van der Waals surface area contributed by atoms with Crippen LogP contribution in [0.4, 0.5) is 0 Å². The molecule has 6 heteroatoms. The van der Waals surface area contributed by atoms with E-state index in [4.69, 9.17) is 5.84 Å². The molecule has 3 rings (SSSR count). The van der Waals surface area contributed by atoms with E-state index in [1.807, 2.05) is 23.9 Å². The van der Waals surface area contributed by atoms with Crippen LogP contribution in [0, 0.1) is 0 Å². The number of hydrazine groups is 1. The average Bonchev–Trinajstić information content (AvgIpc) is 2.82. The van der Waals surface area contributed by atoms with E-state index in [9.17, 15) is 0 Å². The molecule has 1 unspecified atom stereocenters. The lowest BCUT2D eigenvalue weighted by atomic mass is 10.1. The van der Waals surface area contributed by atoms with E-state index in [1.165, 1.54) is 0 Å². The molecule has 102 valence electrons. The summed E-state index contributed by atoms with van der Waals surface area (Å²) in [5, 5.41) is 5.71. The third-order valence-corrected chi connectivity index (χ3v) is 3.37. The van der Waals surface area contributed by atoms with E-state index < -0.39 is 0 Å². The minimum absolute atomic E-state index is 0.109. The van der Waals surface area contributed by atoms with Crippen LogP contribution in [0.2, 0.25) is 0 Å². The minimum atomic E-state index is -0.109. The summed E-state index contributed by atoms with van der Waals surface area (Å²) in [6.45, 7) is 0. The molecule has 0 saturated carbocycles. The highest BCUT2D eigenvalue weighted by molar-refractivity contribution is 5.81. The van der Waals surface area contributed by atoms with Crippen LogP contribution in [-0.2, 0) is 13.5 Å². The number of nitrogens with zero attached hydrogens (tertiary/aromatic N) is 4. The third-order valence-electron chi connectivity index (χ3n) is 3.37. The SMILES string of the molecule is Cn1nc(CC(NN)c2cnccn2)c2ccccc21. The molecular weight excluding hydrogens is 252 g/mol. The third kappa shape index (κ3) is 2.26. The molecule has 2 aromatic heterocycles. The highest BCUT2D eigenvalue weighted by Gasteiger charge is 2.16. The number of nitrogens with one attached hydrogen (secondary N) is 1. The Balaban J connectivity index is 1.96. The van der Waals surface area contributed by atoms with Crippen LogP contribution in [0.25, 0.3) is 10.9 Å². The van der Waals surface area contributed by atoms with Gasteiger partial charge in [-0.3, -0.25) is 25.9 Å². The lowest BCUT2D eigenvalue weighted by Crippen LogP contribution is -2.30. The second-order valence-corrected chi connectivity index (χ2v) is 4.64. The number of aromatic nitrogens is 4. The van der Waals surface area contributed by atoms with Gasteiger partial charge >= 0.3 is 0 Å². The first-order chi connectivity index (χ1) is 9.79. The van der Waals surface area contributed by atoms with Gasteiger partial charge in [0.05, 0.1) is 29.1 Å². The van der Waals surface area contributed by atoms with Gasteiger partial charge in [0.2, 0.25) is 0 Å². The monoisotopic (exact) mass is 268 g/mol. The summed E-state index contributed by atoms with van der Waals surface area (Å²) in [5.74, 6) is 5.65. The van der Waals surface area contributed by atoms with Gasteiger partial charge in [-0.05, 0) is 6.07 Å². The van der Waals surface area contributed by atoms with Crippen LogP contribution in [0.3, 0.4) is 0 Å². The van der Waals surface area contributed by atoms with Crippen LogP contribution in [-0.4, -0.2) is 19.7 Å². The van der Waals surface area contributed by atoms with Gasteiger partial charge in [0.15, 0.2) is 0 Å². The van der Waals surface area contributed by atoms with E-state index in [0.29, 0.717) is 6.42 Å². The van der Waals surface area contributed by atoms with Crippen molar-refractivity contribution in [3.8, 4) is 0 Å². The molecular formula is C14H16N6. The topological polar surface area (TPSA) is 81.7 Å². The molecule has 0 aliphatic rings. The van der Waals surface area contributed by atoms with Gasteiger partial charge in [0.1, 0.15) is 0 Å². The number of rotatable bonds is 4. The van der Waals surface area contributed by atoms with Crippen molar-refractivity contribution >= 4 is 10.9 Å². The Morgan fingerprint density at radius 3 is 2.90 bits per heavy atom. The van der Waals surface area contributed by atoms with Gasteiger partial charge in [-0.2, -0.15) is 5.10 Å². The predicted octanol–water partition coefficient (Wildman–Crippen LogP) is 1.11. The Labute approximate surface area is 116 Å². The Hall–Kier alpha value is -2.31. The lowest BCUT2D eigenvalue weighted by Gasteiger charge is -2.13. The molecule has 0 spiro atoms. The second kappa shape index (κ2) is 5.36. The number of aryl methyl sites for hydroxylation is 1. The predicted molar refractivity (Wildman–Crippen MR) is 76.5 cm³/mol. The van der Waals surface area contributed by atoms with Gasteiger partial charge in [-0.1, -0.05) is 18.2 Å². The number of nitrogens with two attached hydrogens (primary N) is 1. The fourth-order valence-corrected chi connectivity index (χ4v) is 2.37. The zero-order valence-electron chi connectivity index (χ0n) is 11.2. The van der Waals surface area contributed by atoms with Crippen molar-refractivity contribution in [1.82, 2.24) is 25.2 Å². The number of para-hydroxylation sites is 1. The fraction of sp³-hybridized carbons (Fsp3) is 0.214. The molecule has 1 aromatic carbocycles. The van der Waals surface area contributed by atoms with Crippen LogP contribution < -0.4 is 11.3 Å². The summed E-state index contributed by atoms with van der Waals surface area (Å²) >= 11 is 0. The van der Waals surface area contributed by atoms with Crippen molar-refractivity contribution in [1.29, 1.82) is 0 Å². The average molecular weight is 268 g/mol. The van der Waals surface area contributed by atoms with Gasteiger partial charge in [0, 0.05) is 31.2 Å². The summed E-state index contributed by atoms with van der Waals surface area (Å²) in [5.41, 5.74) is 5.70. The Morgan fingerprint density at radius 1 is 1.30 bits per heavy atom. The summed E-state index contributed by atoms with van der Waals surface area (Å²) in [6, 6.07) is 8.04. The largest absolute Gasteiger partial charge is 0.271 e. The van der Waals surface area contributed by atoms with Crippen molar-refractivity contribution in [3.63, 3.8) is 0 Å². The van der Waals surface area contributed by atoms with Crippen molar-refractivity contribution in [2.75, 3.05) is 0 Å². The highest BCUT2D eigenvalue weighted by Crippen LogP contribution is 2.22. The summed E-state index contributed by atoms with van der Waals surface area (Å²) in [6.07, 6.45) is 5.69. The molecule has 20 heavy (non-hydrogen) atoms. The standard InChI is InChI=1S/C14H16N6/c1-20-14-5-3-2-4-10(14)11(19-20)8-12(18-15)13-9-16-6-7-17-13/h2-7,9,12,18H,8,15H2,1H3. The molecule has 0 aliphatic carbocycles. The van der Waals surface area contributed by atoms with Crippen LogP contribution in [0.15, 0.2) is 42.9 Å². The molecule has 2 heterocycles. The van der Waals surface area contributed by atoms with Gasteiger partial charge < -0.3 is 0 Å². The lowest BCUT2D eigenvalue weighted by molar-refractivity contribution is 0.528. The Bertz CT molecular complexity index is 706. The van der Waals surface area contributed by atoms with Crippen LogP contribution >= 0.6 is 0 Å². The number of hydrogen-bond donors (Lipinski definition) is 2. The molecule has 0 aliphatic heterocycles. The maximum atomic E-state index is 5.65. The maximum Gasteiger partial charge on any atom is 0.0773 e. The van der Waals surface area contributed by atoms with E-state index >= 15 is 0 Å². The first-order valence-electron chi connectivity index (χ1n) is 6.42. The molecule has 0 saturated heterocycles. The minimum Gasteiger partial charge on any atom is -0.271 e. The summed E-state index contributed by atoms with van der Waals surface area (Å²) in [4.78, 5) is 8.37. The van der Waals surface area contributed by atoms with Crippen molar-refractivity contribution < 1.29 is 0 Å². The smallest absolute Gasteiger partial charge is 0.0773 e. The van der Waals surface area contributed by atoms with Gasteiger partial charge in [-0.25, -0.2) is 0 Å². The molecule has 6 nitrogen and oxygen atoms in total. The van der Waals surface area contributed by atoms with Crippen molar-refractivity contribution in [2.24, 2.45) is 12.9 Å². The highest BCUT2D eigenvalue weighted by atomic mass is 15.3.